The highest BCUT2D eigenvalue weighted by Crippen LogP contribution is 2.19. The SMILES string of the molecule is COC(=O)CCCCC(=O)N[C@@H](C)C(=O)C[C@@H](C)C(=O)Nc1cc(CO)cc(CCl)c1.COC(=O)CCCCC(=O)N[C@@H](C)C(=O)C[C@@H](C)C(=O)O.Cl.Nc1cc(CO)cc(CCl)c1. The molecule has 0 bridgehead atoms. The summed E-state index contributed by atoms with van der Waals surface area (Å²) in [5.41, 5.74) is 9.82. The number of halogens is 3. The predicted molar refractivity (Wildman–Crippen MR) is 246 cm³/mol. The van der Waals surface area contributed by atoms with Gasteiger partial charge < -0.3 is 46.5 Å². The standard InChI is InChI=1S/C22H31ClN2O6.C14H23NO6.C8H10ClNO.ClH/c1-14(22(30)25-18-10-16(12-23)9-17(11-18)13-26)8-19(27)15(2)24-20(28)6-4-5-7-21(29)31-3;1-9(14(19)20)8-11(16)10(2)15-12(17)6-4-5-7-13(18)21-3;9-4-6-1-7(5-11)3-8(10)2-6;/h9-11,14-15,26H,4-8,12-13H2,1-3H3,(H,24,28)(H,25,30);9-10H,4-8H2,1-3H3,(H,15,17)(H,19,20);1-3,11H,4-5,10H2;1H/t14-,15+;9-,10+;;/m11../s1. The van der Waals surface area contributed by atoms with Gasteiger partial charge in [-0.05, 0) is 86.1 Å². The molecule has 360 valence electrons. The first kappa shape index (κ1) is 61.3. The van der Waals surface area contributed by atoms with Gasteiger partial charge in [-0.2, -0.15) is 0 Å². The number of aliphatic hydroxyl groups is 2. The molecule has 0 aromatic heterocycles. The lowest BCUT2D eigenvalue weighted by molar-refractivity contribution is -0.143. The molecule has 0 saturated heterocycles. The number of carbonyl (C=O) groups excluding carboxylic acids is 7. The van der Waals surface area contributed by atoms with Crippen LogP contribution in [0.15, 0.2) is 36.4 Å². The summed E-state index contributed by atoms with van der Waals surface area (Å²) in [4.78, 5) is 92.7. The van der Waals surface area contributed by atoms with Gasteiger partial charge in [0.2, 0.25) is 17.7 Å². The number of benzene rings is 2. The van der Waals surface area contributed by atoms with E-state index in [0.717, 1.165) is 16.7 Å². The van der Waals surface area contributed by atoms with Crippen LogP contribution < -0.4 is 21.7 Å². The summed E-state index contributed by atoms with van der Waals surface area (Å²) in [6.07, 6.45) is 2.88. The predicted octanol–water partition coefficient (Wildman–Crippen LogP) is 5.52. The van der Waals surface area contributed by atoms with Crippen LogP contribution >= 0.6 is 35.6 Å². The van der Waals surface area contributed by atoms with Gasteiger partial charge in [0, 0.05) is 67.6 Å². The number of hydrogen-bond acceptors (Lipinski definition) is 13. The number of esters is 2. The molecule has 20 heteroatoms. The maximum atomic E-state index is 12.5. The van der Waals surface area contributed by atoms with Crippen molar-refractivity contribution in [3.63, 3.8) is 0 Å². The molecule has 17 nitrogen and oxygen atoms in total. The maximum absolute atomic E-state index is 12.5. The zero-order chi connectivity index (χ0) is 48.1. The number of alkyl halides is 2. The van der Waals surface area contributed by atoms with E-state index in [1.54, 1.807) is 44.2 Å². The van der Waals surface area contributed by atoms with Crippen molar-refractivity contribution in [2.45, 2.75) is 129 Å². The number of carbonyl (C=O) groups is 8. The van der Waals surface area contributed by atoms with E-state index in [2.05, 4.69) is 25.4 Å². The zero-order valence-electron chi connectivity index (χ0n) is 37.3. The van der Waals surface area contributed by atoms with Crippen molar-refractivity contribution in [1.82, 2.24) is 10.6 Å². The van der Waals surface area contributed by atoms with Gasteiger partial charge in [-0.3, -0.25) is 38.4 Å². The summed E-state index contributed by atoms with van der Waals surface area (Å²) in [7, 11) is 2.62. The number of carboxylic acid groups (broad SMARTS) is 1. The Hall–Kier alpha value is -4.81. The van der Waals surface area contributed by atoms with E-state index in [1.165, 1.54) is 28.1 Å². The lowest BCUT2D eigenvalue weighted by atomic mass is 9.99. The van der Waals surface area contributed by atoms with E-state index in [9.17, 15) is 43.5 Å². The first-order valence-corrected chi connectivity index (χ1v) is 21.5. The Morgan fingerprint density at radius 3 is 1.39 bits per heavy atom. The number of nitrogens with two attached hydrogens (primary N) is 1. The molecule has 0 aliphatic carbocycles. The molecule has 0 aliphatic rings. The minimum absolute atomic E-state index is 0. The fraction of sp³-hybridized carbons (Fsp3) is 0.545. The van der Waals surface area contributed by atoms with Crippen LogP contribution in [0.3, 0.4) is 0 Å². The number of unbranched alkanes of at least 4 members (excludes halogenated alkanes) is 2. The Morgan fingerprint density at radius 2 is 0.984 bits per heavy atom. The highest BCUT2D eigenvalue weighted by Gasteiger charge is 2.23. The third-order valence-corrected chi connectivity index (χ3v) is 9.82. The van der Waals surface area contributed by atoms with Crippen LogP contribution in [-0.2, 0) is 72.8 Å². The Kier molecular flexibility index (Phi) is 33.1. The van der Waals surface area contributed by atoms with Crippen molar-refractivity contribution in [2.75, 3.05) is 25.3 Å². The molecular formula is C44H65Cl3N4O13. The molecule has 0 fully saturated rings. The Morgan fingerprint density at radius 1 is 0.609 bits per heavy atom. The highest BCUT2D eigenvalue weighted by molar-refractivity contribution is 6.17. The molecule has 2 rings (SSSR count). The molecule has 0 aliphatic heterocycles. The highest BCUT2D eigenvalue weighted by atomic mass is 35.5. The van der Waals surface area contributed by atoms with Crippen LogP contribution in [0.2, 0.25) is 0 Å². The van der Waals surface area contributed by atoms with E-state index in [4.69, 9.17) is 39.1 Å². The first-order chi connectivity index (χ1) is 29.7. The van der Waals surface area contributed by atoms with Crippen molar-refractivity contribution in [2.24, 2.45) is 11.8 Å². The number of amides is 3. The van der Waals surface area contributed by atoms with Gasteiger partial charge >= 0.3 is 17.9 Å². The summed E-state index contributed by atoms with van der Waals surface area (Å²) < 4.78 is 9.01. The van der Waals surface area contributed by atoms with Gasteiger partial charge in [-0.1, -0.05) is 26.0 Å². The van der Waals surface area contributed by atoms with E-state index < -0.39 is 29.9 Å². The van der Waals surface area contributed by atoms with Gasteiger partial charge in [0.05, 0.1) is 45.4 Å². The number of ether oxygens (including phenoxy) is 2. The second-order valence-electron chi connectivity index (χ2n) is 14.8. The number of aliphatic hydroxyl groups excluding tert-OH is 2. The number of nitrogen functional groups attached to an aromatic ring is 1. The largest absolute Gasteiger partial charge is 0.481 e. The zero-order valence-corrected chi connectivity index (χ0v) is 39.7. The summed E-state index contributed by atoms with van der Waals surface area (Å²) in [6.45, 7) is 6.02. The number of carboxylic acids is 1. The fourth-order valence-corrected chi connectivity index (χ4v) is 5.78. The smallest absolute Gasteiger partial charge is 0.306 e. The van der Waals surface area contributed by atoms with Crippen LogP contribution in [0.4, 0.5) is 11.4 Å². The average molecular weight is 964 g/mol. The van der Waals surface area contributed by atoms with E-state index in [0.29, 0.717) is 48.5 Å². The third-order valence-electron chi connectivity index (χ3n) is 9.20. The van der Waals surface area contributed by atoms with Crippen LogP contribution in [-0.4, -0.2) is 88.8 Å². The molecule has 0 saturated carbocycles. The van der Waals surface area contributed by atoms with Crippen molar-refractivity contribution in [1.29, 1.82) is 0 Å². The first-order valence-electron chi connectivity index (χ1n) is 20.4. The molecule has 0 heterocycles. The monoisotopic (exact) mass is 962 g/mol. The molecule has 2 aromatic rings. The normalized spacial score (nSPS) is 12.1. The number of ketones is 2. The fourth-order valence-electron chi connectivity index (χ4n) is 5.47. The molecule has 64 heavy (non-hydrogen) atoms. The van der Waals surface area contributed by atoms with Crippen LogP contribution in [0.1, 0.15) is 114 Å². The number of nitrogens with one attached hydrogen (secondary N) is 3. The average Bonchev–Trinajstić information content (AvgIpc) is 3.25. The van der Waals surface area contributed by atoms with Gasteiger partial charge in [0.1, 0.15) is 0 Å². The minimum atomic E-state index is -1.04. The van der Waals surface area contributed by atoms with Crippen molar-refractivity contribution >= 4 is 94.2 Å². The van der Waals surface area contributed by atoms with Crippen molar-refractivity contribution < 1.29 is 63.1 Å². The molecule has 8 N–H and O–H groups in total. The molecule has 2 aromatic carbocycles. The van der Waals surface area contributed by atoms with Crippen molar-refractivity contribution in [3.05, 3.63) is 58.7 Å². The van der Waals surface area contributed by atoms with E-state index in [1.807, 2.05) is 6.07 Å². The van der Waals surface area contributed by atoms with Gasteiger partial charge in [0.15, 0.2) is 11.6 Å². The Bertz CT molecular complexity index is 1770. The molecule has 0 spiro atoms. The molecule has 0 radical (unpaired) electrons. The van der Waals surface area contributed by atoms with Gasteiger partial charge in [-0.25, -0.2) is 0 Å². The number of rotatable bonds is 25. The Labute approximate surface area is 391 Å². The quantitative estimate of drug-likeness (QED) is 0.0280. The topological polar surface area (TPSA) is 278 Å². The number of Topliss-reactive ketones (excluding diaryl/α,β-unsaturated/α-hetero) is 2. The van der Waals surface area contributed by atoms with Gasteiger partial charge in [0.25, 0.3) is 0 Å². The summed E-state index contributed by atoms with van der Waals surface area (Å²) >= 11 is 11.4. The Balaban J connectivity index is 0. The van der Waals surface area contributed by atoms with Crippen LogP contribution in [0, 0.1) is 11.8 Å². The summed E-state index contributed by atoms with van der Waals surface area (Å²) in [6, 6.07) is 9.04. The lowest BCUT2D eigenvalue weighted by Gasteiger charge is -2.17. The maximum Gasteiger partial charge on any atom is 0.306 e. The number of anilines is 2. The second kappa shape index (κ2) is 34.6. The number of aliphatic carboxylic acids is 1. The number of methoxy groups -OCH3 is 2. The summed E-state index contributed by atoms with van der Waals surface area (Å²) in [5.74, 6) is -3.86. The number of hydrogen-bond donors (Lipinski definition) is 7. The molecule has 4 atom stereocenters. The lowest BCUT2D eigenvalue weighted by Crippen LogP contribution is -2.39. The van der Waals surface area contributed by atoms with E-state index in [-0.39, 0.29) is 111 Å². The second-order valence-corrected chi connectivity index (χ2v) is 15.4. The van der Waals surface area contributed by atoms with E-state index >= 15 is 0 Å². The van der Waals surface area contributed by atoms with Crippen LogP contribution in [0.25, 0.3) is 0 Å². The molecule has 0 unspecified atom stereocenters. The van der Waals surface area contributed by atoms with Gasteiger partial charge in [-0.15, -0.1) is 35.6 Å². The minimum Gasteiger partial charge on any atom is -0.481 e. The molecule has 3 amide bonds. The van der Waals surface area contributed by atoms with Crippen molar-refractivity contribution in [3.8, 4) is 0 Å². The summed E-state index contributed by atoms with van der Waals surface area (Å²) in [5, 5.41) is 34.7. The third kappa shape index (κ3) is 27.4. The van der Waals surface area contributed by atoms with Crippen LogP contribution in [0.5, 0.6) is 0 Å². The molecular weight excluding hydrogens is 899 g/mol.